The first-order valence-corrected chi connectivity index (χ1v) is 5.50. The Morgan fingerprint density at radius 2 is 1.95 bits per heavy atom. The van der Waals surface area contributed by atoms with Crippen molar-refractivity contribution in [3.8, 4) is 5.75 Å². The summed E-state index contributed by atoms with van der Waals surface area (Å²) in [6, 6.07) is 6.66. The van der Waals surface area contributed by atoms with E-state index in [2.05, 4.69) is 9.72 Å². The lowest BCUT2D eigenvalue weighted by atomic mass is 10.2. The van der Waals surface area contributed by atoms with Crippen molar-refractivity contribution in [2.24, 2.45) is 0 Å². The molecule has 0 unspecified atom stereocenters. The fourth-order valence-corrected chi connectivity index (χ4v) is 1.20. The zero-order chi connectivity index (χ0) is 15.0. The third-order valence-corrected chi connectivity index (χ3v) is 2.15. The summed E-state index contributed by atoms with van der Waals surface area (Å²) in [5.41, 5.74) is 0.740. The summed E-state index contributed by atoms with van der Waals surface area (Å²) in [7, 11) is 1.27. The first-order chi connectivity index (χ1) is 9.56. The van der Waals surface area contributed by atoms with Gasteiger partial charge in [-0.2, -0.15) is 0 Å². The lowest BCUT2D eigenvalue weighted by molar-refractivity contribution is 0.0599. The number of rotatable bonds is 2. The molecular weight excluding hydrogens is 265 g/mol. The average molecular weight is 277 g/mol. The number of hydrogen-bond acceptors (Lipinski definition) is 5. The number of halogens is 1. The number of methoxy groups -OCH3 is 1. The lowest BCUT2D eigenvalue weighted by Crippen LogP contribution is -2.00. The largest absolute Gasteiger partial charge is 0.506 e. The van der Waals surface area contributed by atoms with Gasteiger partial charge >= 0.3 is 5.97 Å². The van der Waals surface area contributed by atoms with Crippen molar-refractivity contribution in [3.05, 3.63) is 59.7 Å². The molecule has 1 heterocycles. The minimum atomic E-state index is -0.506. The van der Waals surface area contributed by atoms with E-state index in [4.69, 9.17) is 5.11 Å². The van der Waals surface area contributed by atoms with E-state index in [-0.39, 0.29) is 17.1 Å². The van der Waals surface area contributed by atoms with Crippen molar-refractivity contribution in [3.63, 3.8) is 0 Å². The number of aromatic hydroxyl groups is 1. The van der Waals surface area contributed by atoms with E-state index in [1.807, 2.05) is 0 Å². The Hall–Kier alpha value is -2.76. The van der Waals surface area contributed by atoms with Gasteiger partial charge in [-0.15, -0.1) is 0 Å². The van der Waals surface area contributed by atoms with E-state index in [0.29, 0.717) is 11.8 Å². The SMILES string of the molecule is COC(=O)c1cncc(O)c1.O=Cc1ccc(F)cc1. The number of carbonyl (C=O) groups is 2. The molecule has 0 bridgehead atoms. The van der Waals surface area contributed by atoms with Gasteiger partial charge in [0.15, 0.2) is 0 Å². The molecular formula is C14H12FNO4. The number of aromatic nitrogens is 1. The van der Waals surface area contributed by atoms with Crippen LogP contribution in [0, 0.1) is 5.82 Å². The van der Waals surface area contributed by atoms with Crippen LogP contribution in [-0.2, 0) is 4.74 Å². The highest BCUT2D eigenvalue weighted by Crippen LogP contribution is 2.08. The predicted molar refractivity (Wildman–Crippen MR) is 69.0 cm³/mol. The zero-order valence-corrected chi connectivity index (χ0v) is 10.6. The average Bonchev–Trinajstić information content (AvgIpc) is 2.48. The second-order valence-corrected chi connectivity index (χ2v) is 3.59. The molecule has 0 radical (unpaired) electrons. The van der Waals surface area contributed by atoms with Gasteiger partial charge in [0.1, 0.15) is 17.9 Å². The van der Waals surface area contributed by atoms with Gasteiger partial charge in [0.2, 0.25) is 0 Å². The number of carbonyl (C=O) groups excluding carboxylic acids is 2. The van der Waals surface area contributed by atoms with Crippen molar-refractivity contribution >= 4 is 12.3 Å². The number of nitrogens with zero attached hydrogens (tertiary/aromatic N) is 1. The van der Waals surface area contributed by atoms with Crippen molar-refractivity contribution in [1.29, 1.82) is 0 Å². The molecule has 0 amide bonds. The topological polar surface area (TPSA) is 76.5 Å². The molecule has 2 rings (SSSR count). The molecule has 20 heavy (non-hydrogen) atoms. The number of ether oxygens (including phenoxy) is 1. The Morgan fingerprint density at radius 1 is 1.30 bits per heavy atom. The molecule has 0 spiro atoms. The summed E-state index contributed by atoms with van der Waals surface area (Å²) in [6.45, 7) is 0. The van der Waals surface area contributed by atoms with Crippen molar-refractivity contribution < 1.29 is 23.8 Å². The van der Waals surface area contributed by atoms with Gasteiger partial charge in [0.05, 0.1) is 18.9 Å². The summed E-state index contributed by atoms with van der Waals surface area (Å²) >= 11 is 0. The van der Waals surface area contributed by atoms with Gasteiger partial charge in [-0.25, -0.2) is 9.18 Å². The Labute approximate surface area is 114 Å². The number of hydrogen-bond donors (Lipinski definition) is 1. The van der Waals surface area contributed by atoms with Gasteiger partial charge in [0, 0.05) is 11.8 Å². The standard InChI is InChI=1S/C7H5FO.C7H7NO3/c8-7-3-1-6(5-9)2-4-7;1-11-7(10)5-2-6(9)4-8-3-5/h1-5H;2-4,9H,1H3. The second kappa shape index (κ2) is 7.63. The normalized spacial score (nSPS) is 9.10. The van der Waals surface area contributed by atoms with Crippen LogP contribution >= 0.6 is 0 Å². The van der Waals surface area contributed by atoms with Crippen LogP contribution in [0.3, 0.4) is 0 Å². The minimum absolute atomic E-state index is 0.0482. The first-order valence-electron chi connectivity index (χ1n) is 5.50. The van der Waals surface area contributed by atoms with Crippen LogP contribution in [-0.4, -0.2) is 29.5 Å². The fourth-order valence-electron chi connectivity index (χ4n) is 1.20. The van der Waals surface area contributed by atoms with Crippen LogP contribution in [0.1, 0.15) is 20.7 Å². The van der Waals surface area contributed by atoms with Gasteiger partial charge in [-0.3, -0.25) is 9.78 Å². The molecule has 0 atom stereocenters. The predicted octanol–water partition coefficient (Wildman–Crippen LogP) is 2.21. The van der Waals surface area contributed by atoms with E-state index in [9.17, 15) is 14.0 Å². The molecule has 0 saturated carbocycles. The Morgan fingerprint density at radius 3 is 2.45 bits per heavy atom. The first kappa shape index (κ1) is 15.3. The minimum Gasteiger partial charge on any atom is -0.506 e. The molecule has 0 saturated heterocycles. The van der Waals surface area contributed by atoms with E-state index >= 15 is 0 Å². The smallest absolute Gasteiger partial charge is 0.339 e. The monoisotopic (exact) mass is 277 g/mol. The number of benzene rings is 1. The highest BCUT2D eigenvalue weighted by molar-refractivity contribution is 5.89. The molecule has 1 aromatic heterocycles. The second-order valence-electron chi connectivity index (χ2n) is 3.59. The number of esters is 1. The highest BCUT2D eigenvalue weighted by Gasteiger charge is 2.04. The van der Waals surface area contributed by atoms with E-state index in [0.717, 1.165) is 0 Å². The quantitative estimate of drug-likeness (QED) is 0.672. The van der Waals surface area contributed by atoms with Crippen LogP contribution in [0.2, 0.25) is 0 Å². The molecule has 6 heteroatoms. The molecule has 5 nitrogen and oxygen atoms in total. The fraction of sp³-hybridized carbons (Fsp3) is 0.0714. The highest BCUT2D eigenvalue weighted by atomic mass is 19.1. The molecule has 1 aromatic carbocycles. The van der Waals surface area contributed by atoms with Gasteiger partial charge in [-0.1, -0.05) is 0 Å². The lowest BCUT2D eigenvalue weighted by Gasteiger charge is -1.97. The maximum Gasteiger partial charge on any atom is 0.339 e. The van der Waals surface area contributed by atoms with E-state index in [1.165, 1.54) is 49.8 Å². The van der Waals surface area contributed by atoms with Gasteiger partial charge in [0.25, 0.3) is 0 Å². The maximum absolute atomic E-state index is 12.1. The van der Waals surface area contributed by atoms with Crippen LogP contribution in [0.4, 0.5) is 4.39 Å². The molecule has 0 aliphatic heterocycles. The number of pyridine rings is 1. The number of aldehydes is 1. The molecule has 2 aromatic rings. The Kier molecular flexibility index (Phi) is 5.83. The van der Waals surface area contributed by atoms with Crippen LogP contribution in [0.25, 0.3) is 0 Å². The molecule has 0 aliphatic rings. The van der Waals surface area contributed by atoms with Gasteiger partial charge < -0.3 is 9.84 Å². The Balaban J connectivity index is 0.000000204. The molecule has 0 aliphatic carbocycles. The summed E-state index contributed by atoms with van der Waals surface area (Å²) in [6.07, 6.45) is 3.25. The third kappa shape index (κ3) is 4.85. The van der Waals surface area contributed by atoms with Crippen LogP contribution in [0.15, 0.2) is 42.7 Å². The van der Waals surface area contributed by atoms with E-state index < -0.39 is 5.97 Å². The summed E-state index contributed by atoms with van der Waals surface area (Å²) in [5.74, 6) is -0.873. The van der Waals surface area contributed by atoms with Crippen molar-refractivity contribution in [1.82, 2.24) is 4.98 Å². The van der Waals surface area contributed by atoms with Crippen LogP contribution < -0.4 is 0 Å². The third-order valence-electron chi connectivity index (χ3n) is 2.15. The summed E-state index contributed by atoms with van der Waals surface area (Å²) in [5, 5.41) is 8.89. The molecule has 0 fully saturated rings. The van der Waals surface area contributed by atoms with Crippen molar-refractivity contribution in [2.45, 2.75) is 0 Å². The maximum atomic E-state index is 12.1. The van der Waals surface area contributed by atoms with Gasteiger partial charge in [-0.05, 0) is 30.3 Å². The molecule has 104 valence electrons. The Bertz CT molecular complexity index is 584. The summed E-state index contributed by atoms with van der Waals surface area (Å²) < 4.78 is 16.5. The zero-order valence-electron chi connectivity index (χ0n) is 10.6. The summed E-state index contributed by atoms with van der Waals surface area (Å²) in [4.78, 5) is 24.4. The van der Waals surface area contributed by atoms with E-state index in [1.54, 1.807) is 0 Å². The van der Waals surface area contributed by atoms with Crippen LogP contribution in [0.5, 0.6) is 5.75 Å². The molecule has 1 N–H and O–H groups in total. The van der Waals surface area contributed by atoms with Crippen molar-refractivity contribution in [2.75, 3.05) is 7.11 Å².